The zero-order valence-electron chi connectivity index (χ0n) is 21.9. The molecular weight excluding hydrogens is 555 g/mol. The standard InChI is InChI=1S/C29H31F5O5S/c1-26(31,29(32,33)34)20-3-9-24-18(16-20)2-8-23-19(17-25(35)27(36)12-14-39-15-13-27)10-11-28(23,24)40(37,38)22-6-4-21(30)5-7-22/h3-7,9,16,19,23,36H,2,8,10-15,17H2,1H3/t19-,23-,26?,28-/m0/s1. The Kier molecular flexibility index (Phi) is 7.19. The molecule has 1 saturated carbocycles. The normalized spacial score (nSPS) is 27.9. The Balaban J connectivity index is 1.60. The highest BCUT2D eigenvalue weighted by Gasteiger charge is 2.61. The van der Waals surface area contributed by atoms with Crippen LogP contribution in [0.5, 0.6) is 0 Å². The molecule has 11 heteroatoms. The van der Waals surface area contributed by atoms with Gasteiger partial charge in [-0.3, -0.25) is 4.79 Å². The summed E-state index contributed by atoms with van der Waals surface area (Å²) in [6, 6.07) is 7.73. The molecule has 0 aromatic heterocycles. The second kappa shape index (κ2) is 9.87. The lowest BCUT2D eigenvalue weighted by atomic mass is 9.71. The van der Waals surface area contributed by atoms with Crippen LogP contribution in [0.15, 0.2) is 47.4 Å². The van der Waals surface area contributed by atoms with Crippen molar-refractivity contribution in [2.24, 2.45) is 11.8 Å². The predicted octanol–water partition coefficient (Wildman–Crippen LogP) is 5.72. The van der Waals surface area contributed by atoms with Crippen molar-refractivity contribution in [3.63, 3.8) is 0 Å². The number of sulfone groups is 1. The van der Waals surface area contributed by atoms with E-state index < -0.39 is 55.2 Å². The number of rotatable bonds is 6. The molecule has 2 aromatic rings. The van der Waals surface area contributed by atoms with Crippen LogP contribution in [0.1, 0.15) is 62.1 Å². The van der Waals surface area contributed by atoms with Gasteiger partial charge in [0.05, 0.1) is 4.90 Å². The number of aliphatic hydroxyl groups is 1. The number of halogens is 5. The fraction of sp³-hybridized carbons (Fsp3) is 0.552. The molecule has 40 heavy (non-hydrogen) atoms. The topological polar surface area (TPSA) is 80.7 Å². The van der Waals surface area contributed by atoms with Crippen LogP contribution in [0.25, 0.3) is 0 Å². The second-order valence-corrected chi connectivity index (χ2v) is 13.6. The Morgan fingerprint density at radius 1 is 1.02 bits per heavy atom. The van der Waals surface area contributed by atoms with E-state index in [0.717, 1.165) is 36.4 Å². The zero-order valence-corrected chi connectivity index (χ0v) is 22.8. The van der Waals surface area contributed by atoms with Crippen LogP contribution in [-0.2, 0) is 36.2 Å². The number of carbonyl (C=O) groups excluding carboxylic acids is 1. The molecule has 5 rings (SSSR count). The predicted molar refractivity (Wildman–Crippen MR) is 135 cm³/mol. The molecule has 5 nitrogen and oxygen atoms in total. The van der Waals surface area contributed by atoms with E-state index in [2.05, 4.69) is 0 Å². The summed E-state index contributed by atoms with van der Waals surface area (Å²) in [7, 11) is -4.25. The molecule has 1 N–H and O–H groups in total. The molecule has 2 fully saturated rings. The van der Waals surface area contributed by atoms with Gasteiger partial charge in [0.15, 0.2) is 15.6 Å². The van der Waals surface area contributed by atoms with Crippen LogP contribution < -0.4 is 0 Å². The second-order valence-electron chi connectivity index (χ2n) is 11.4. The maximum absolute atomic E-state index is 14.9. The third-order valence-corrected chi connectivity index (χ3v) is 11.9. The van der Waals surface area contributed by atoms with E-state index in [9.17, 15) is 40.3 Å². The van der Waals surface area contributed by atoms with Gasteiger partial charge in [0, 0.05) is 32.5 Å². The molecular formula is C29H31F5O5S. The molecule has 1 unspecified atom stereocenters. The molecule has 4 atom stereocenters. The summed E-state index contributed by atoms with van der Waals surface area (Å²) >= 11 is 0. The van der Waals surface area contributed by atoms with Gasteiger partial charge >= 0.3 is 6.18 Å². The van der Waals surface area contributed by atoms with Gasteiger partial charge in [-0.1, -0.05) is 18.2 Å². The van der Waals surface area contributed by atoms with Crippen molar-refractivity contribution < 1.29 is 45.0 Å². The van der Waals surface area contributed by atoms with Crippen molar-refractivity contribution in [1.29, 1.82) is 0 Å². The van der Waals surface area contributed by atoms with E-state index in [1.807, 2.05) is 0 Å². The molecule has 218 valence electrons. The Labute approximate surface area is 229 Å². The first-order valence-electron chi connectivity index (χ1n) is 13.4. The Morgan fingerprint density at radius 2 is 1.68 bits per heavy atom. The fourth-order valence-electron chi connectivity index (χ4n) is 6.91. The molecule has 0 radical (unpaired) electrons. The number of fused-ring (bicyclic) bond motifs is 3. The largest absolute Gasteiger partial charge is 0.426 e. The monoisotopic (exact) mass is 586 g/mol. The van der Waals surface area contributed by atoms with E-state index in [1.54, 1.807) is 0 Å². The first-order valence-corrected chi connectivity index (χ1v) is 14.8. The van der Waals surface area contributed by atoms with Crippen LogP contribution in [0, 0.1) is 17.7 Å². The highest BCUT2D eigenvalue weighted by Crippen LogP contribution is 2.60. The van der Waals surface area contributed by atoms with Gasteiger partial charge in [-0.15, -0.1) is 0 Å². The average Bonchev–Trinajstić information content (AvgIpc) is 3.28. The lowest BCUT2D eigenvalue weighted by Crippen LogP contribution is -2.47. The van der Waals surface area contributed by atoms with E-state index >= 15 is 0 Å². The number of benzene rings is 2. The molecule has 2 aliphatic carbocycles. The fourth-order valence-corrected chi connectivity index (χ4v) is 9.41. The smallest absolute Gasteiger partial charge is 0.382 e. The minimum Gasteiger partial charge on any atom is -0.382 e. The van der Waals surface area contributed by atoms with Crippen LogP contribution in [0.4, 0.5) is 22.0 Å². The Hall–Kier alpha value is -2.37. The van der Waals surface area contributed by atoms with E-state index in [4.69, 9.17) is 4.74 Å². The molecule has 0 bridgehead atoms. The van der Waals surface area contributed by atoms with Crippen LogP contribution in [0.2, 0.25) is 0 Å². The first kappa shape index (κ1) is 29.1. The summed E-state index contributed by atoms with van der Waals surface area (Å²) in [5.41, 5.74) is -5.20. The van der Waals surface area contributed by atoms with Crippen LogP contribution in [-0.4, -0.2) is 44.3 Å². The number of hydrogen-bond acceptors (Lipinski definition) is 5. The van der Waals surface area contributed by atoms with E-state index in [-0.39, 0.29) is 68.0 Å². The maximum atomic E-state index is 14.9. The van der Waals surface area contributed by atoms with Crippen LogP contribution in [0.3, 0.4) is 0 Å². The Bertz CT molecular complexity index is 1400. The SMILES string of the molecule is CC(F)(c1ccc2c(c1)CC[C@H]1[C@H](CC(=O)C3(O)CCOCC3)CC[C@@]21S(=O)(=O)c1ccc(F)cc1)C(F)(F)F. The first-order chi connectivity index (χ1) is 18.6. The van der Waals surface area contributed by atoms with Gasteiger partial charge in [-0.2, -0.15) is 13.2 Å². The van der Waals surface area contributed by atoms with Gasteiger partial charge in [0.2, 0.25) is 5.67 Å². The molecule has 0 spiro atoms. The summed E-state index contributed by atoms with van der Waals surface area (Å²) in [6.07, 6.45) is -4.07. The van der Waals surface area contributed by atoms with E-state index in [1.165, 1.54) is 6.07 Å². The minimum atomic E-state index is -5.17. The van der Waals surface area contributed by atoms with Gasteiger partial charge < -0.3 is 9.84 Å². The molecule has 0 amide bonds. The number of carbonyl (C=O) groups is 1. The minimum absolute atomic E-state index is 0.0497. The summed E-state index contributed by atoms with van der Waals surface area (Å²) < 4.78 is 101. The number of alkyl halides is 4. The molecule has 1 aliphatic heterocycles. The van der Waals surface area contributed by atoms with Crippen molar-refractivity contribution in [3.05, 3.63) is 65.0 Å². The number of hydrogen-bond donors (Lipinski definition) is 1. The number of Topliss-reactive ketones (excluding diaryl/α,β-unsaturated/α-hetero) is 1. The van der Waals surface area contributed by atoms with E-state index in [0.29, 0.717) is 18.9 Å². The summed E-state index contributed by atoms with van der Waals surface area (Å²) in [4.78, 5) is 13.1. The quantitative estimate of drug-likeness (QED) is 0.346. The Morgan fingerprint density at radius 3 is 2.30 bits per heavy atom. The maximum Gasteiger partial charge on any atom is 0.426 e. The van der Waals surface area contributed by atoms with Crippen molar-refractivity contribution in [2.75, 3.05) is 13.2 Å². The third kappa shape index (κ3) is 4.48. The number of aryl methyl sites for hydroxylation is 1. The average molecular weight is 587 g/mol. The summed E-state index contributed by atoms with van der Waals surface area (Å²) in [5, 5.41) is 10.9. The van der Waals surface area contributed by atoms with Crippen LogP contribution >= 0.6 is 0 Å². The van der Waals surface area contributed by atoms with Gasteiger partial charge in [0.1, 0.15) is 16.2 Å². The molecule has 1 saturated heterocycles. The van der Waals surface area contributed by atoms with Gasteiger partial charge in [0.25, 0.3) is 0 Å². The zero-order chi connectivity index (χ0) is 29.1. The van der Waals surface area contributed by atoms with Crippen molar-refractivity contribution in [3.8, 4) is 0 Å². The van der Waals surface area contributed by atoms with Gasteiger partial charge in [-0.05, 0) is 85.4 Å². The lowest BCUT2D eigenvalue weighted by molar-refractivity contribution is -0.228. The van der Waals surface area contributed by atoms with Gasteiger partial charge in [-0.25, -0.2) is 17.2 Å². The number of ketones is 1. The summed E-state index contributed by atoms with van der Waals surface area (Å²) in [5.74, 6) is -2.01. The molecule has 1 heterocycles. The highest BCUT2D eigenvalue weighted by atomic mass is 32.2. The molecule has 2 aromatic carbocycles. The summed E-state index contributed by atoms with van der Waals surface area (Å²) in [6.45, 7) is 0.907. The van der Waals surface area contributed by atoms with Crippen molar-refractivity contribution in [2.45, 2.75) is 79.0 Å². The highest BCUT2D eigenvalue weighted by molar-refractivity contribution is 7.92. The van der Waals surface area contributed by atoms with Crippen molar-refractivity contribution in [1.82, 2.24) is 0 Å². The van der Waals surface area contributed by atoms with Crippen molar-refractivity contribution >= 4 is 15.6 Å². The third-order valence-electron chi connectivity index (χ3n) is 9.30. The molecule has 3 aliphatic rings. The number of ether oxygens (including phenoxy) is 1. The lowest BCUT2D eigenvalue weighted by Gasteiger charge is -2.43.